The van der Waals surface area contributed by atoms with Gasteiger partial charge in [0.05, 0.1) is 17.6 Å². The standard InChI is InChI=1S/C25H32N2O/c1-19(2)20-13-15-22(16-14-20)28-18-8-17-27-24-12-7-6-11-23(24)26-25(27)21-9-4-3-5-10-21/h6-7,11-16,19,21H,3-5,8-10,17-18H2,1-2H3. The second kappa shape index (κ2) is 8.81. The zero-order chi connectivity index (χ0) is 19.3. The molecule has 28 heavy (non-hydrogen) atoms. The summed E-state index contributed by atoms with van der Waals surface area (Å²) in [6.45, 7) is 6.14. The lowest BCUT2D eigenvalue weighted by atomic mass is 9.88. The van der Waals surface area contributed by atoms with Gasteiger partial charge < -0.3 is 9.30 Å². The van der Waals surface area contributed by atoms with Crippen molar-refractivity contribution in [1.29, 1.82) is 0 Å². The first kappa shape index (κ1) is 19.0. The molecule has 1 aromatic heterocycles. The molecule has 0 amide bonds. The Labute approximate surface area is 168 Å². The van der Waals surface area contributed by atoms with Crippen LogP contribution in [0.5, 0.6) is 5.75 Å². The molecule has 0 radical (unpaired) electrons. The van der Waals surface area contributed by atoms with Gasteiger partial charge >= 0.3 is 0 Å². The summed E-state index contributed by atoms with van der Waals surface area (Å²) in [7, 11) is 0. The summed E-state index contributed by atoms with van der Waals surface area (Å²) >= 11 is 0. The smallest absolute Gasteiger partial charge is 0.119 e. The van der Waals surface area contributed by atoms with Crippen LogP contribution in [0, 0.1) is 0 Å². The van der Waals surface area contributed by atoms with Crippen LogP contribution in [0.4, 0.5) is 0 Å². The molecule has 0 saturated heterocycles. The van der Waals surface area contributed by atoms with Crippen molar-refractivity contribution in [1.82, 2.24) is 9.55 Å². The van der Waals surface area contributed by atoms with Crippen molar-refractivity contribution in [2.45, 2.75) is 70.8 Å². The lowest BCUT2D eigenvalue weighted by Gasteiger charge is -2.22. The Morgan fingerprint density at radius 2 is 1.75 bits per heavy atom. The maximum atomic E-state index is 6.00. The monoisotopic (exact) mass is 376 g/mol. The Morgan fingerprint density at radius 1 is 1.00 bits per heavy atom. The lowest BCUT2D eigenvalue weighted by Crippen LogP contribution is -2.13. The van der Waals surface area contributed by atoms with Gasteiger partial charge in [-0.05, 0) is 55.0 Å². The third-order valence-corrected chi connectivity index (χ3v) is 6.00. The van der Waals surface area contributed by atoms with Crippen LogP contribution in [-0.4, -0.2) is 16.2 Å². The van der Waals surface area contributed by atoms with E-state index in [2.05, 4.69) is 66.9 Å². The van der Waals surface area contributed by atoms with Gasteiger partial charge in [-0.15, -0.1) is 0 Å². The number of fused-ring (bicyclic) bond motifs is 1. The topological polar surface area (TPSA) is 27.1 Å². The molecule has 1 saturated carbocycles. The van der Waals surface area contributed by atoms with Crippen LogP contribution in [0.2, 0.25) is 0 Å². The van der Waals surface area contributed by atoms with E-state index in [-0.39, 0.29) is 0 Å². The maximum absolute atomic E-state index is 6.00. The molecule has 0 N–H and O–H groups in total. The van der Waals surface area contributed by atoms with E-state index in [4.69, 9.17) is 9.72 Å². The fraction of sp³-hybridized carbons (Fsp3) is 0.480. The number of aromatic nitrogens is 2. The van der Waals surface area contributed by atoms with Gasteiger partial charge in [0.1, 0.15) is 11.6 Å². The Kier molecular flexibility index (Phi) is 5.99. The number of hydrogen-bond donors (Lipinski definition) is 0. The predicted molar refractivity (Wildman–Crippen MR) is 116 cm³/mol. The van der Waals surface area contributed by atoms with Gasteiger partial charge in [-0.3, -0.25) is 0 Å². The second-order valence-electron chi connectivity index (χ2n) is 8.37. The first-order valence-electron chi connectivity index (χ1n) is 10.9. The molecule has 0 aliphatic heterocycles. The van der Waals surface area contributed by atoms with E-state index in [0.717, 1.165) is 30.8 Å². The molecule has 3 heteroatoms. The minimum absolute atomic E-state index is 0.557. The van der Waals surface area contributed by atoms with Crippen molar-refractivity contribution in [3.8, 4) is 5.75 Å². The van der Waals surface area contributed by atoms with Gasteiger partial charge in [0.15, 0.2) is 0 Å². The van der Waals surface area contributed by atoms with Crippen LogP contribution in [0.15, 0.2) is 48.5 Å². The third-order valence-electron chi connectivity index (χ3n) is 6.00. The molecule has 1 aliphatic rings. The van der Waals surface area contributed by atoms with E-state index < -0.39 is 0 Å². The van der Waals surface area contributed by atoms with Crippen LogP contribution < -0.4 is 4.74 Å². The van der Waals surface area contributed by atoms with Crippen molar-refractivity contribution in [3.05, 3.63) is 59.9 Å². The summed E-state index contributed by atoms with van der Waals surface area (Å²) in [5.74, 6) is 3.43. The number of rotatable bonds is 7. The lowest BCUT2D eigenvalue weighted by molar-refractivity contribution is 0.300. The van der Waals surface area contributed by atoms with Crippen molar-refractivity contribution in [2.24, 2.45) is 0 Å². The molecule has 1 heterocycles. The summed E-state index contributed by atoms with van der Waals surface area (Å²) in [4.78, 5) is 5.02. The van der Waals surface area contributed by atoms with Gasteiger partial charge in [0.2, 0.25) is 0 Å². The number of aryl methyl sites for hydroxylation is 1. The van der Waals surface area contributed by atoms with Crippen molar-refractivity contribution >= 4 is 11.0 Å². The molecule has 0 atom stereocenters. The molecule has 1 fully saturated rings. The van der Waals surface area contributed by atoms with Crippen molar-refractivity contribution in [2.75, 3.05) is 6.61 Å². The largest absolute Gasteiger partial charge is 0.494 e. The number of para-hydroxylation sites is 2. The molecule has 2 aromatic carbocycles. The van der Waals surface area contributed by atoms with E-state index in [9.17, 15) is 0 Å². The molecule has 1 aliphatic carbocycles. The molecule has 148 valence electrons. The number of ether oxygens (including phenoxy) is 1. The Balaban J connectivity index is 1.42. The van der Waals surface area contributed by atoms with Crippen LogP contribution in [-0.2, 0) is 6.54 Å². The molecular formula is C25H32N2O. The average Bonchev–Trinajstić information content (AvgIpc) is 3.11. The molecule has 0 unspecified atom stereocenters. The first-order valence-corrected chi connectivity index (χ1v) is 10.9. The van der Waals surface area contributed by atoms with Crippen LogP contribution >= 0.6 is 0 Å². The quantitative estimate of drug-likeness (QED) is 0.430. The van der Waals surface area contributed by atoms with Gasteiger partial charge in [0.25, 0.3) is 0 Å². The highest BCUT2D eigenvalue weighted by Gasteiger charge is 2.22. The highest BCUT2D eigenvalue weighted by Crippen LogP contribution is 2.34. The second-order valence-corrected chi connectivity index (χ2v) is 8.37. The summed E-state index contributed by atoms with van der Waals surface area (Å²) in [5, 5.41) is 0. The van der Waals surface area contributed by atoms with E-state index >= 15 is 0 Å². The van der Waals surface area contributed by atoms with Crippen LogP contribution in [0.25, 0.3) is 11.0 Å². The SMILES string of the molecule is CC(C)c1ccc(OCCCn2c(C3CCCCC3)nc3ccccc32)cc1. The highest BCUT2D eigenvalue weighted by molar-refractivity contribution is 5.76. The maximum Gasteiger partial charge on any atom is 0.119 e. The summed E-state index contributed by atoms with van der Waals surface area (Å²) in [5.41, 5.74) is 3.76. The zero-order valence-electron chi connectivity index (χ0n) is 17.2. The van der Waals surface area contributed by atoms with E-state index in [1.807, 2.05) is 0 Å². The van der Waals surface area contributed by atoms with E-state index in [1.165, 1.54) is 49.0 Å². The third kappa shape index (κ3) is 4.24. The molecule has 3 nitrogen and oxygen atoms in total. The van der Waals surface area contributed by atoms with Gasteiger partial charge in [-0.25, -0.2) is 4.98 Å². The number of nitrogens with zero attached hydrogens (tertiary/aromatic N) is 2. The minimum atomic E-state index is 0.557. The van der Waals surface area contributed by atoms with E-state index in [0.29, 0.717) is 11.8 Å². The number of benzene rings is 2. The molecule has 4 rings (SSSR count). The zero-order valence-corrected chi connectivity index (χ0v) is 17.2. The van der Waals surface area contributed by atoms with Crippen molar-refractivity contribution < 1.29 is 4.74 Å². The number of imidazole rings is 1. The summed E-state index contributed by atoms with van der Waals surface area (Å²) in [6, 6.07) is 17.1. The van der Waals surface area contributed by atoms with Gasteiger partial charge in [-0.2, -0.15) is 0 Å². The van der Waals surface area contributed by atoms with Crippen LogP contribution in [0.1, 0.15) is 75.6 Å². The van der Waals surface area contributed by atoms with Gasteiger partial charge in [-0.1, -0.05) is 57.4 Å². The minimum Gasteiger partial charge on any atom is -0.494 e. The molecule has 0 bridgehead atoms. The normalized spacial score (nSPS) is 15.4. The fourth-order valence-electron chi connectivity index (χ4n) is 4.36. The molecular weight excluding hydrogens is 344 g/mol. The fourth-order valence-corrected chi connectivity index (χ4v) is 4.36. The molecule has 0 spiro atoms. The van der Waals surface area contributed by atoms with Crippen LogP contribution in [0.3, 0.4) is 0 Å². The number of hydrogen-bond acceptors (Lipinski definition) is 2. The molecule has 3 aromatic rings. The average molecular weight is 377 g/mol. The Morgan fingerprint density at radius 3 is 2.50 bits per heavy atom. The van der Waals surface area contributed by atoms with E-state index in [1.54, 1.807) is 0 Å². The summed E-state index contributed by atoms with van der Waals surface area (Å²) in [6.07, 6.45) is 7.60. The Bertz CT molecular complexity index is 889. The first-order chi connectivity index (χ1) is 13.7. The predicted octanol–water partition coefficient (Wildman–Crippen LogP) is 6.68. The Hall–Kier alpha value is -2.29. The van der Waals surface area contributed by atoms with Gasteiger partial charge in [0, 0.05) is 12.5 Å². The van der Waals surface area contributed by atoms with Crippen molar-refractivity contribution in [3.63, 3.8) is 0 Å². The highest BCUT2D eigenvalue weighted by atomic mass is 16.5. The summed E-state index contributed by atoms with van der Waals surface area (Å²) < 4.78 is 8.46.